The third-order valence-electron chi connectivity index (χ3n) is 4.67. The molecule has 2 aromatic carbocycles. The lowest BCUT2D eigenvalue weighted by atomic mass is 10.0. The summed E-state index contributed by atoms with van der Waals surface area (Å²) in [7, 11) is 0. The zero-order valence-corrected chi connectivity index (χ0v) is 13.9. The van der Waals surface area contributed by atoms with Crippen molar-refractivity contribution in [2.45, 2.75) is 25.4 Å². The predicted molar refractivity (Wildman–Crippen MR) is 96.2 cm³/mol. The number of β-amino-alcohol motifs (C(OH)–C–C–N with tert-alkyl or cyclic N) is 1. The SMILES string of the molecule is Cl.OC(CN1CCCCC1)c1ccc2oc3ccccc3c2c1. The summed E-state index contributed by atoms with van der Waals surface area (Å²) in [6, 6.07) is 14.1. The van der Waals surface area contributed by atoms with Crippen molar-refractivity contribution < 1.29 is 9.52 Å². The van der Waals surface area contributed by atoms with Gasteiger partial charge >= 0.3 is 0 Å². The standard InChI is InChI=1S/C19H21NO2.ClH/c21-17(13-20-10-4-1-5-11-20)14-8-9-19-16(12-14)15-6-2-3-7-18(15)22-19;/h2-3,6-9,12,17,21H,1,4-5,10-11,13H2;1H. The minimum Gasteiger partial charge on any atom is -0.456 e. The zero-order valence-electron chi connectivity index (χ0n) is 13.1. The number of hydrogen-bond donors (Lipinski definition) is 1. The molecule has 0 amide bonds. The highest BCUT2D eigenvalue weighted by Crippen LogP contribution is 2.30. The van der Waals surface area contributed by atoms with E-state index < -0.39 is 6.10 Å². The first-order chi connectivity index (χ1) is 10.8. The molecule has 1 fully saturated rings. The van der Waals surface area contributed by atoms with E-state index in [-0.39, 0.29) is 12.4 Å². The summed E-state index contributed by atoms with van der Waals surface area (Å²) in [5, 5.41) is 12.8. The van der Waals surface area contributed by atoms with Crippen LogP contribution in [-0.4, -0.2) is 29.6 Å². The maximum absolute atomic E-state index is 10.6. The fourth-order valence-electron chi connectivity index (χ4n) is 3.44. The van der Waals surface area contributed by atoms with Crippen molar-refractivity contribution in [3.8, 4) is 0 Å². The number of likely N-dealkylation sites (tertiary alicyclic amines) is 1. The molecule has 1 aliphatic heterocycles. The molecule has 2 heterocycles. The smallest absolute Gasteiger partial charge is 0.135 e. The van der Waals surface area contributed by atoms with E-state index in [9.17, 15) is 5.11 Å². The predicted octanol–water partition coefficient (Wildman–Crippen LogP) is 4.53. The molecule has 1 aliphatic rings. The maximum Gasteiger partial charge on any atom is 0.135 e. The van der Waals surface area contributed by atoms with Gasteiger partial charge in [-0.15, -0.1) is 12.4 Å². The lowest BCUT2D eigenvalue weighted by molar-refractivity contribution is 0.102. The van der Waals surface area contributed by atoms with Gasteiger partial charge in [0.25, 0.3) is 0 Å². The van der Waals surface area contributed by atoms with E-state index >= 15 is 0 Å². The average Bonchev–Trinajstić information content (AvgIpc) is 2.93. The molecule has 3 nitrogen and oxygen atoms in total. The van der Waals surface area contributed by atoms with Crippen molar-refractivity contribution in [1.82, 2.24) is 4.90 Å². The summed E-state index contributed by atoms with van der Waals surface area (Å²) in [6.07, 6.45) is 3.38. The molecule has 1 N–H and O–H groups in total. The van der Waals surface area contributed by atoms with Crippen molar-refractivity contribution >= 4 is 34.3 Å². The number of benzene rings is 2. The summed E-state index contributed by atoms with van der Waals surface area (Å²) < 4.78 is 5.85. The highest BCUT2D eigenvalue weighted by molar-refractivity contribution is 6.04. The Morgan fingerprint density at radius 3 is 2.52 bits per heavy atom. The van der Waals surface area contributed by atoms with E-state index in [0.717, 1.165) is 47.1 Å². The van der Waals surface area contributed by atoms with Crippen molar-refractivity contribution in [3.05, 3.63) is 48.0 Å². The lowest BCUT2D eigenvalue weighted by Gasteiger charge is -2.28. The van der Waals surface area contributed by atoms with Crippen molar-refractivity contribution in [1.29, 1.82) is 0 Å². The summed E-state index contributed by atoms with van der Waals surface area (Å²) in [6.45, 7) is 2.93. The number of nitrogens with zero attached hydrogens (tertiary/aromatic N) is 1. The second-order valence-corrected chi connectivity index (χ2v) is 6.23. The summed E-state index contributed by atoms with van der Waals surface area (Å²) in [4.78, 5) is 2.37. The lowest BCUT2D eigenvalue weighted by Crippen LogP contribution is -2.33. The van der Waals surface area contributed by atoms with Crippen molar-refractivity contribution in [2.24, 2.45) is 0 Å². The number of fused-ring (bicyclic) bond motifs is 3. The van der Waals surface area contributed by atoms with Crippen molar-refractivity contribution in [3.63, 3.8) is 0 Å². The van der Waals surface area contributed by atoms with Gasteiger partial charge in [-0.25, -0.2) is 0 Å². The largest absolute Gasteiger partial charge is 0.456 e. The highest BCUT2D eigenvalue weighted by atomic mass is 35.5. The Kier molecular flexibility index (Phi) is 4.90. The van der Waals surface area contributed by atoms with Crippen LogP contribution in [0, 0.1) is 0 Å². The molecule has 0 radical (unpaired) electrons. The van der Waals surface area contributed by atoms with Crippen LogP contribution in [0.25, 0.3) is 21.9 Å². The molecule has 1 unspecified atom stereocenters. The molecular weight excluding hydrogens is 310 g/mol. The Balaban J connectivity index is 0.00000156. The number of aliphatic hydroxyl groups excluding tert-OH is 1. The van der Waals surface area contributed by atoms with Gasteiger partial charge in [0, 0.05) is 17.3 Å². The molecule has 0 spiro atoms. The van der Waals surface area contributed by atoms with Gasteiger partial charge < -0.3 is 14.4 Å². The van der Waals surface area contributed by atoms with E-state index in [1.165, 1.54) is 19.3 Å². The Morgan fingerprint density at radius 2 is 1.70 bits per heavy atom. The van der Waals surface area contributed by atoms with Gasteiger partial charge in [0.2, 0.25) is 0 Å². The Bertz CT molecular complexity index is 792. The number of rotatable bonds is 3. The molecule has 1 saturated heterocycles. The zero-order chi connectivity index (χ0) is 14.9. The Morgan fingerprint density at radius 1 is 0.957 bits per heavy atom. The van der Waals surface area contributed by atoms with E-state index in [1.807, 2.05) is 30.3 Å². The molecule has 23 heavy (non-hydrogen) atoms. The van der Waals surface area contributed by atoms with E-state index in [4.69, 9.17) is 4.42 Å². The topological polar surface area (TPSA) is 36.6 Å². The second-order valence-electron chi connectivity index (χ2n) is 6.23. The van der Waals surface area contributed by atoms with Crippen LogP contribution in [0.4, 0.5) is 0 Å². The first-order valence-corrected chi connectivity index (χ1v) is 8.13. The molecular formula is C19H22ClNO2. The summed E-state index contributed by atoms with van der Waals surface area (Å²) in [5.41, 5.74) is 2.76. The summed E-state index contributed by atoms with van der Waals surface area (Å²) in [5.74, 6) is 0. The monoisotopic (exact) mass is 331 g/mol. The van der Waals surface area contributed by atoms with Gasteiger partial charge in [0.15, 0.2) is 0 Å². The van der Waals surface area contributed by atoms with Crippen LogP contribution in [0.1, 0.15) is 30.9 Å². The van der Waals surface area contributed by atoms with Crippen LogP contribution >= 0.6 is 12.4 Å². The molecule has 4 heteroatoms. The molecule has 1 aromatic heterocycles. The van der Waals surface area contributed by atoms with Gasteiger partial charge in [-0.05, 0) is 49.7 Å². The van der Waals surface area contributed by atoms with Crippen LogP contribution < -0.4 is 0 Å². The third kappa shape index (κ3) is 3.23. The fourth-order valence-corrected chi connectivity index (χ4v) is 3.44. The molecule has 4 rings (SSSR count). The molecule has 122 valence electrons. The van der Waals surface area contributed by atoms with Gasteiger partial charge in [-0.1, -0.05) is 30.7 Å². The second kappa shape index (κ2) is 6.91. The first-order valence-electron chi connectivity index (χ1n) is 8.13. The molecule has 0 saturated carbocycles. The Labute approximate surface area is 142 Å². The molecule has 3 aromatic rings. The molecule has 1 atom stereocenters. The van der Waals surface area contributed by atoms with Gasteiger partial charge in [-0.2, -0.15) is 0 Å². The van der Waals surface area contributed by atoms with E-state index in [1.54, 1.807) is 0 Å². The minimum atomic E-state index is -0.434. The van der Waals surface area contributed by atoms with Crippen LogP contribution in [-0.2, 0) is 0 Å². The van der Waals surface area contributed by atoms with Gasteiger partial charge in [-0.3, -0.25) is 0 Å². The molecule has 0 bridgehead atoms. The van der Waals surface area contributed by atoms with Crippen LogP contribution in [0.5, 0.6) is 0 Å². The maximum atomic E-state index is 10.6. The van der Waals surface area contributed by atoms with Crippen LogP contribution in [0.2, 0.25) is 0 Å². The number of para-hydroxylation sites is 1. The van der Waals surface area contributed by atoms with Crippen molar-refractivity contribution in [2.75, 3.05) is 19.6 Å². The highest BCUT2D eigenvalue weighted by Gasteiger charge is 2.17. The molecule has 0 aliphatic carbocycles. The van der Waals surface area contributed by atoms with Gasteiger partial charge in [0.05, 0.1) is 6.10 Å². The third-order valence-corrected chi connectivity index (χ3v) is 4.67. The Hall–Kier alpha value is -1.55. The van der Waals surface area contributed by atoms with Crippen LogP contribution in [0.3, 0.4) is 0 Å². The minimum absolute atomic E-state index is 0. The number of aliphatic hydroxyl groups is 1. The number of furan rings is 1. The first kappa shape index (κ1) is 16.3. The quantitative estimate of drug-likeness (QED) is 0.766. The van der Waals surface area contributed by atoms with E-state index in [2.05, 4.69) is 17.0 Å². The fraction of sp³-hybridized carbons (Fsp3) is 0.368. The number of hydrogen-bond acceptors (Lipinski definition) is 3. The summed E-state index contributed by atoms with van der Waals surface area (Å²) >= 11 is 0. The normalized spacial score (nSPS) is 17.3. The van der Waals surface area contributed by atoms with Gasteiger partial charge in [0.1, 0.15) is 11.2 Å². The number of halogens is 1. The average molecular weight is 332 g/mol. The number of piperidine rings is 1. The van der Waals surface area contributed by atoms with E-state index in [0.29, 0.717) is 0 Å². The van der Waals surface area contributed by atoms with Crippen LogP contribution in [0.15, 0.2) is 46.9 Å².